The number of hydrogen-bond donors (Lipinski definition) is 1. The predicted molar refractivity (Wildman–Crippen MR) is 101 cm³/mol. The molecule has 1 fully saturated rings. The van der Waals surface area contributed by atoms with E-state index < -0.39 is 0 Å². The van der Waals surface area contributed by atoms with E-state index in [0.717, 1.165) is 25.9 Å². The van der Waals surface area contributed by atoms with Gasteiger partial charge in [-0.15, -0.1) is 0 Å². The quantitative estimate of drug-likeness (QED) is 0.839. The van der Waals surface area contributed by atoms with E-state index in [1.807, 2.05) is 11.8 Å². The van der Waals surface area contributed by atoms with E-state index in [1.165, 1.54) is 0 Å². The maximum absolute atomic E-state index is 12.8. The second-order valence-corrected chi connectivity index (χ2v) is 7.31. The molecule has 2 aromatic rings. The van der Waals surface area contributed by atoms with E-state index >= 15 is 0 Å². The second kappa shape index (κ2) is 7.58. The molecule has 7 heteroatoms. The minimum atomic E-state index is -0.0581. The molecule has 0 bridgehead atoms. The topological polar surface area (TPSA) is 58.1 Å². The number of nitrogens with one attached hydrogen (secondary N) is 1. The number of aryl methyl sites for hydroxylation is 1. The first-order valence-electron chi connectivity index (χ1n) is 8.29. The van der Waals surface area contributed by atoms with Crippen molar-refractivity contribution >= 4 is 40.7 Å². The number of hydrogen-bond acceptors (Lipinski definition) is 4. The second-order valence-electron chi connectivity index (χ2n) is 6.47. The number of carbonyl (C=O) groups excluding carboxylic acids is 1. The molecule has 3 rings (SSSR count). The van der Waals surface area contributed by atoms with Gasteiger partial charge in [0.25, 0.3) is 5.91 Å². The molecule has 1 aliphatic heterocycles. The van der Waals surface area contributed by atoms with E-state index in [-0.39, 0.29) is 5.91 Å². The fourth-order valence-electron chi connectivity index (χ4n) is 2.98. The number of piperidine rings is 1. The zero-order valence-electron chi connectivity index (χ0n) is 14.2. The van der Waals surface area contributed by atoms with Crippen LogP contribution in [0, 0.1) is 12.8 Å². The summed E-state index contributed by atoms with van der Waals surface area (Å²) in [6.45, 7) is 5.54. The van der Waals surface area contributed by atoms with Crippen LogP contribution in [-0.4, -0.2) is 33.9 Å². The highest BCUT2D eigenvalue weighted by atomic mass is 35.5. The van der Waals surface area contributed by atoms with Crippen LogP contribution in [0.1, 0.15) is 35.9 Å². The standard InChI is InChI=1S/C18H20Cl2N4O/c1-11-4-3-7-24(10-11)17(25)16-8-12(2)21-18(23-16)22-15-9-13(19)5-6-14(15)20/h5-6,8-9,11H,3-4,7,10H2,1-2H3,(H,21,22,23). The Morgan fingerprint density at radius 1 is 1.28 bits per heavy atom. The summed E-state index contributed by atoms with van der Waals surface area (Å²) in [6.07, 6.45) is 2.19. The number of halogens is 2. The number of likely N-dealkylation sites (tertiary alicyclic amines) is 1. The van der Waals surface area contributed by atoms with Crippen molar-refractivity contribution in [2.24, 2.45) is 5.92 Å². The first-order chi connectivity index (χ1) is 11.9. The van der Waals surface area contributed by atoms with Crippen LogP contribution in [0.15, 0.2) is 24.3 Å². The van der Waals surface area contributed by atoms with Crippen molar-refractivity contribution in [1.82, 2.24) is 14.9 Å². The molecule has 1 aromatic carbocycles. The van der Waals surface area contributed by atoms with Crippen LogP contribution in [-0.2, 0) is 0 Å². The van der Waals surface area contributed by atoms with Crippen molar-refractivity contribution in [3.63, 3.8) is 0 Å². The highest BCUT2D eigenvalue weighted by Gasteiger charge is 2.23. The van der Waals surface area contributed by atoms with Gasteiger partial charge in [-0.1, -0.05) is 30.1 Å². The largest absolute Gasteiger partial charge is 0.337 e. The molecule has 2 heterocycles. The lowest BCUT2D eigenvalue weighted by molar-refractivity contribution is 0.0677. The molecule has 1 N–H and O–H groups in total. The summed E-state index contributed by atoms with van der Waals surface area (Å²) < 4.78 is 0. The van der Waals surface area contributed by atoms with E-state index in [9.17, 15) is 4.79 Å². The van der Waals surface area contributed by atoms with Crippen LogP contribution >= 0.6 is 23.2 Å². The zero-order valence-corrected chi connectivity index (χ0v) is 15.7. The molecular weight excluding hydrogens is 359 g/mol. The molecule has 0 saturated carbocycles. The van der Waals surface area contributed by atoms with Crippen LogP contribution in [0.2, 0.25) is 10.0 Å². The van der Waals surface area contributed by atoms with Crippen molar-refractivity contribution in [1.29, 1.82) is 0 Å². The summed E-state index contributed by atoms with van der Waals surface area (Å²) in [6, 6.07) is 6.82. The first kappa shape index (κ1) is 18.0. The van der Waals surface area contributed by atoms with Crippen molar-refractivity contribution in [2.45, 2.75) is 26.7 Å². The fraction of sp³-hybridized carbons (Fsp3) is 0.389. The Hall–Kier alpha value is -1.85. The maximum Gasteiger partial charge on any atom is 0.272 e. The monoisotopic (exact) mass is 378 g/mol. The third kappa shape index (κ3) is 4.41. The average molecular weight is 379 g/mol. The lowest BCUT2D eigenvalue weighted by Gasteiger charge is -2.30. The Labute approximate surface area is 157 Å². The molecule has 5 nitrogen and oxygen atoms in total. The van der Waals surface area contributed by atoms with Crippen LogP contribution in [0.5, 0.6) is 0 Å². The SMILES string of the molecule is Cc1cc(C(=O)N2CCCC(C)C2)nc(Nc2cc(Cl)ccc2Cl)n1. The summed E-state index contributed by atoms with van der Waals surface area (Å²) in [5, 5.41) is 4.11. The molecule has 0 radical (unpaired) electrons. The molecule has 1 unspecified atom stereocenters. The van der Waals surface area contributed by atoms with Crippen molar-refractivity contribution in [3.05, 3.63) is 45.7 Å². The third-order valence-corrected chi connectivity index (χ3v) is 4.76. The van der Waals surface area contributed by atoms with E-state index in [0.29, 0.717) is 39.0 Å². The Bertz CT molecular complexity index is 797. The third-order valence-electron chi connectivity index (χ3n) is 4.19. The van der Waals surface area contributed by atoms with Gasteiger partial charge >= 0.3 is 0 Å². The zero-order chi connectivity index (χ0) is 18.0. The highest BCUT2D eigenvalue weighted by Crippen LogP contribution is 2.27. The fourth-order valence-corrected chi connectivity index (χ4v) is 3.32. The van der Waals surface area contributed by atoms with Crippen molar-refractivity contribution in [3.8, 4) is 0 Å². The molecule has 1 amide bonds. The molecule has 0 aliphatic carbocycles. The lowest BCUT2D eigenvalue weighted by atomic mass is 10.00. The van der Waals surface area contributed by atoms with Gasteiger partial charge in [0.15, 0.2) is 0 Å². The average Bonchev–Trinajstić information content (AvgIpc) is 2.57. The number of carbonyl (C=O) groups is 1. The summed E-state index contributed by atoms with van der Waals surface area (Å²) in [5.74, 6) is 0.790. The Kier molecular flexibility index (Phi) is 5.45. The number of benzene rings is 1. The number of aromatic nitrogens is 2. The maximum atomic E-state index is 12.8. The normalized spacial score (nSPS) is 17.4. The van der Waals surface area contributed by atoms with E-state index in [4.69, 9.17) is 23.2 Å². The minimum absolute atomic E-state index is 0.0581. The smallest absolute Gasteiger partial charge is 0.272 e. The van der Waals surface area contributed by atoms with Crippen LogP contribution in [0.3, 0.4) is 0 Å². The number of rotatable bonds is 3. The molecule has 25 heavy (non-hydrogen) atoms. The van der Waals surface area contributed by atoms with Gasteiger partial charge in [-0.2, -0.15) is 0 Å². The number of amides is 1. The van der Waals surface area contributed by atoms with Gasteiger partial charge in [0.1, 0.15) is 5.69 Å². The molecular formula is C18H20Cl2N4O. The summed E-state index contributed by atoms with van der Waals surface area (Å²) in [7, 11) is 0. The van der Waals surface area contributed by atoms with E-state index in [2.05, 4.69) is 22.2 Å². The van der Waals surface area contributed by atoms with E-state index in [1.54, 1.807) is 24.3 Å². The van der Waals surface area contributed by atoms with Gasteiger partial charge in [-0.25, -0.2) is 9.97 Å². The van der Waals surface area contributed by atoms with Gasteiger partial charge in [-0.3, -0.25) is 4.79 Å². The minimum Gasteiger partial charge on any atom is -0.337 e. The Morgan fingerprint density at radius 2 is 2.08 bits per heavy atom. The molecule has 0 spiro atoms. The molecule has 1 saturated heterocycles. The van der Waals surface area contributed by atoms with Crippen molar-refractivity contribution in [2.75, 3.05) is 18.4 Å². The van der Waals surface area contributed by atoms with Crippen molar-refractivity contribution < 1.29 is 4.79 Å². The molecule has 1 aromatic heterocycles. The Balaban J connectivity index is 1.85. The van der Waals surface area contributed by atoms with Crippen LogP contribution in [0.4, 0.5) is 11.6 Å². The van der Waals surface area contributed by atoms with Gasteiger partial charge < -0.3 is 10.2 Å². The highest BCUT2D eigenvalue weighted by molar-refractivity contribution is 6.35. The molecule has 1 atom stereocenters. The Morgan fingerprint density at radius 3 is 2.84 bits per heavy atom. The van der Waals surface area contributed by atoms with Crippen LogP contribution in [0.25, 0.3) is 0 Å². The molecule has 132 valence electrons. The summed E-state index contributed by atoms with van der Waals surface area (Å²) >= 11 is 12.2. The van der Waals surface area contributed by atoms with Gasteiger partial charge in [0, 0.05) is 23.8 Å². The van der Waals surface area contributed by atoms with Gasteiger partial charge in [0.2, 0.25) is 5.95 Å². The molecule has 1 aliphatic rings. The summed E-state index contributed by atoms with van der Waals surface area (Å²) in [4.78, 5) is 23.4. The van der Waals surface area contributed by atoms with Gasteiger partial charge in [0.05, 0.1) is 10.7 Å². The number of nitrogens with zero attached hydrogens (tertiary/aromatic N) is 3. The summed E-state index contributed by atoms with van der Waals surface area (Å²) in [5.41, 5.74) is 1.70. The predicted octanol–water partition coefficient (Wildman–Crippen LogP) is 4.71. The lowest BCUT2D eigenvalue weighted by Crippen LogP contribution is -2.39. The first-order valence-corrected chi connectivity index (χ1v) is 9.05. The van der Waals surface area contributed by atoms with Crippen LogP contribution < -0.4 is 5.32 Å². The van der Waals surface area contributed by atoms with Gasteiger partial charge in [-0.05, 0) is 49.9 Å². The number of anilines is 2.